The number of rotatable bonds is 6. The molecule has 0 unspecified atom stereocenters. The summed E-state index contributed by atoms with van der Waals surface area (Å²) in [6.07, 6.45) is 2.78. The van der Waals surface area contributed by atoms with Crippen molar-refractivity contribution in [2.24, 2.45) is 0 Å². The Balaban J connectivity index is 1.95. The molecule has 124 valence electrons. The highest BCUT2D eigenvalue weighted by molar-refractivity contribution is 5.98. The van der Waals surface area contributed by atoms with Crippen LogP contribution >= 0.6 is 0 Å². The normalized spacial score (nSPS) is 9.83. The van der Waals surface area contributed by atoms with E-state index in [2.05, 4.69) is 27.4 Å². The molecule has 0 spiro atoms. The van der Waals surface area contributed by atoms with Crippen LogP contribution in [0.4, 0.5) is 4.79 Å². The Kier molecular flexibility index (Phi) is 5.72. The minimum Gasteiger partial charge on any atom is -0.452 e. The molecule has 2 N–H and O–H groups in total. The van der Waals surface area contributed by atoms with Crippen molar-refractivity contribution in [2.75, 3.05) is 13.2 Å². The first kappa shape index (κ1) is 16.8. The van der Waals surface area contributed by atoms with Gasteiger partial charge in [-0.2, -0.15) is 4.68 Å². The highest BCUT2D eigenvalue weighted by Gasteiger charge is 2.16. The largest absolute Gasteiger partial charge is 0.452 e. The lowest BCUT2D eigenvalue weighted by Gasteiger charge is -2.09. The first-order chi connectivity index (χ1) is 11.6. The van der Waals surface area contributed by atoms with E-state index in [9.17, 15) is 14.4 Å². The number of carbonyl (C=O) groups excluding carboxylic acids is 3. The number of carbonyl (C=O) groups is 3. The lowest BCUT2D eigenvalue weighted by molar-refractivity contribution is -0.123. The first-order valence-electron chi connectivity index (χ1n) is 6.80. The van der Waals surface area contributed by atoms with Crippen molar-refractivity contribution in [2.45, 2.75) is 0 Å². The predicted octanol–water partition coefficient (Wildman–Crippen LogP) is -0.169. The van der Waals surface area contributed by atoms with Crippen LogP contribution in [0.3, 0.4) is 0 Å². The molecule has 3 amide bonds. The van der Waals surface area contributed by atoms with Crippen LogP contribution in [-0.2, 0) is 9.53 Å². The van der Waals surface area contributed by atoms with E-state index < -0.39 is 24.5 Å². The van der Waals surface area contributed by atoms with Crippen LogP contribution in [0.1, 0.15) is 10.4 Å². The fraction of sp³-hybridized carbons (Fsp3) is 0.143. The van der Waals surface area contributed by atoms with Gasteiger partial charge in [0.15, 0.2) is 6.61 Å². The van der Waals surface area contributed by atoms with Crippen molar-refractivity contribution < 1.29 is 19.1 Å². The Morgan fingerprint density at radius 1 is 1.29 bits per heavy atom. The molecule has 0 atom stereocenters. The van der Waals surface area contributed by atoms with E-state index in [1.807, 2.05) is 5.32 Å². The van der Waals surface area contributed by atoms with Gasteiger partial charge in [0.1, 0.15) is 6.33 Å². The zero-order valence-electron chi connectivity index (χ0n) is 12.5. The summed E-state index contributed by atoms with van der Waals surface area (Å²) < 4.78 is 6.19. The third-order valence-electron chi connectivity index (χ3n) is 2.71. The van der Waals surface area contributed by atoms with E-state index in [-0.39, 0.29) is 12.1 Å². The van der Waals surface area contributed by atoms with Gasteiger partial charge >= 0.3 is 12.0 Å². The first-order valence-corrected chi connectivity index (χ1v) is 6.80. The molecule has 1 heterocycles. The van der Waals surface area contributed by atoms with Crippen LogP contribution in [0.25, 0.3) is 5.69 Å². The average molecular weight is 330 g/mol. The molecule has 0 aliphatic rings. The molecule has 1 aromatic carbocycles. The number of hydrogen-bond donors (Lipinski definition) is 2. The number of nitrogens with one attached hydrogen (secondary N) is 2. The second-order valence-corrected chi connectivity index (χ2v) is 4.39. The molecule has 1 aromatic heterocycles. The Hall–Kier alpha value is -3.56. The monoisotopic (exact) mass is 330 g/mol. The molecule has 0 saturated carbocycles. The van der Waals surface area contributed by atoms with Gasteiger partial charge in [0, 0.05) is 6.54 Å². The molecule has 0 bridgehead atoms. The van der Waals surface area contributed by atoms with E-state index >= 15 is 0 Å². The standard InChI is InChI=1S/C14H14N6O4/c1-2-7-15-14(23)17-12(21)8-24-13(22)10-5-3-4-6-11(10)20-9-16-18-19-20/h2-6,9H,1,7-8H2,(H2,15,17,21,23). The van der Waals surface area contributed by atoms with Gasteiger partial charge in [0.25, 0.3) is 5.91 Å². The number of benzene rings is 1. The summed E-state index contributed by atoms with van der Waals surface area (Å²) in [5.74, 6) is -1.51. The number of nitrogens with zero attached hydrogens (tertiary/aromatic N) is 4. The van der Waals surface area contributed by atoms with Crippen LogP contribution in [-0.4, -0.2) is 51.3 Å². The number of esters is 1. The molecule has 2 rings (SSSR count). The number of tetrazole rings is 1. The number of hydrogen-bond acceptors (Lipinski definition) is 7. The fourth-order valence-electron chi connectivity index (χ4n) is 1.70. The van der Waals surface area contributed by atoms with E-state index in [4.69, 9.17) is 4.74 Å². The SMILES string of the molecule is C=CCNC(=O)NC(=O)COC(=O)c1ccccc1-n1cnnn1. The van der Waals surface area contributed by atoms with E-state index in [0.717, 1.165) is 0 Å². The van der Waals surface area contributed by atoms with Crippen LogP contribution in [0.5, 0.6) is 0 Å². The molecule has 2 aromatic rings. The topological polar surface area (TPSA) is 128 Å². The summed E-state index contributed by atoms with van der Waals surface area (Å²) in [5, 5.41) is 15.1. The maximum atomic E-state index is 12.1. The summed E-state index contributed by atoms with van der Waals surface area (Å²) >= 11 is 0. The van der Waals surface area contributed by atoms with Gasteiger partial charge in [-0.25, -0.2) is 9.59 Å². The minimum absolute atomic E-state index is 0.175. The van der Waals surface area contributed by atoms with Crippen LogP contribution < -0.4 is 10.6 Å². The number of urea groups is 1. The van der Waals surface area contributed by atoms with Crippen LogP contribution in [0.15, 0.2) is 43.2 Å². The summed E-state index contributed by atoms with van der Waals surface area (Å²) in [5.41, 5.74) is 0.574. The molecule has 0 aliphatic heterocycles. The van der Waals surface area contributed by atoms with Crippen molar-refractivity contribution in [3.05, 3.63) is 48.8 Å². The third-order valence-corrected chi connectivity index (χ3v) is 2.71. The molecule has 0 aliphatic carbocycles. The van der Waals surface area contributed by atoms with Crippen molar-refractivity contribution in [1.82, 2.24) is 30.8 Å². The van der Waals surface area contributed by atoms with Crippen LogP contribution in [0, 0.1) is 0 Å². The second-order valence-electron chi connectivity index (χ2n) is 4.39. The molecule has 10 heteroatoms. The van der Waals surface area contributed by atoms with Crippen molar-refractivity contribution in [1.29, 1.82) is 0 Å². The van der Waals surface area contributed by atoms with Crippen molar-refractivity contribution in [3.63, 3.8) is 0 Å². The highest BCUT2D eigenvalue weighted by Crippen LogP contribution is 2.13. The fourth-order valence-corrected chi connectivity index (χ4v) is 1.70. The van der Waals surface area contributed by atoms with Gasteiger partial charge in [-0.15, -0.1) is 11.7 Å². The zero-order chi connectivity index (χ0) is 17.4. The van der Waals surface area contributed by atoms with Crippen molar-refractivity contribution >= 4 is 17.9 Å². The van der Waals surface area contributed by atoms with E-state index in [1.54, 1.807) is 18.2 Å². The Morgan fingerprint density at radius 3 is 2.79 bits per heavy atom. The highest BCUT2D eigenvalue weighted by atomic mass is 16.5. The molecular formula is C14H14N6O4. The van der Waals surface area contributed by atoms with Gasteiger partial charge in [-0.05, 0) is 22.6 Å². The smallest absolute Gasteiger partial charge is 0.340 e. The minimum atomic E-state index is -0.759. The van der Waals surface area contributed by atoms with Gasteiger partial charge in [-0.3, -0.25) is 10.1 Å². The van der Waals surface area contributed by atoms with Crippen LogP contribution in [0.2, 0.25) is 0 Å². The van der Waals surface area contributed by atoms with E-state index in [0.29, 0.717) is 5.69 Å². The Labute approximate surface area is 136 Å². The summed E-state index contributed by atoms with van der Waals surface area (Å²) in [4.78, 5) is 35.0. The molecule has 10 nitrogen and oxygen atoms in total. The number of imide groups is 1. The van der Waals surface area contributed by atoms with Crippen molar-refractivity contribution in [3.8, 4) is 5.69 Å². The third kappa shape index (κ3) is 4.47. The zero-order valence-corrected chi connectivity index (χ0v) is 12.5. The number of para-hydroxylation sites is 1. The number of ether oxygens (including phenoxy) is 1. The Bertz CT molecular complexity index is 743. The number of aromatic nitrogens is 4. The molecule has 0 fully saturated rings. The molecule has 0 radical (unpaired) electrons. The number of amides is 3. The second kappa shape index (κ2) is 8.17. The molecule has 24 heavy (non-hydrogen) atoms. The Morgan fingerprint density at radius 2 is 2.08 bits per heavy atom. The quantitative estimate of drug-likeness (QED) is 0.556. The van der Waals surface area contributed by atoms with Gasteiger partial charge < -0.3 is 10.1 Å². The maximum absolute atomic E-state index is 12.1. The van der Waals surface area contributed by atoms with E-state index in [1.165, 1.54) is 23.2 Å². The summed E-state index contributed by atoms with van der Waals surface area (Å²) in [7, 11) is 0. The summed E-state index contributed by atoms with van der Waals surface area (Å²) in [6.45, 7) is 3.02. The lowest BCUT2D eigenvalue weighted by Crippen LogP contribution is -2.41. The van der Waals surface area contributed by atoms with Gasteiger partial charge in [-0.1, -0.05) is 18.2 Å². The van der Waals surface area contributed by atoms with Gasteiger partial charge in [0.05, 0.1) is 11.3 Å². The summed E-state index contributed by atoms with van der Waals surface area (Å²) in [6, 6.07) is 5.76. The lowest BCUT2D eigenvalue weighted by atomic mass is 10.2. The molecule has 0 saturated heterocycles. The predicted molar refractivity (Wildman–Crippen MR) is 81.2 cm³/mol. The maximum Gasteiger partial charge on any atom is 0.340 e. The van der Waals surface area contributed by atoms with Gasteiger partial charge in [0.2, 0.25) is 0 Å². The molecular weight excluding hydrogens is 316 g/mol. The average Bonchev–Trinajstić information content (AvgIpc) is 3.12.